The van der Waals surface area contributed by atoms with E-state index in [0.29, 0.717) is 45.6 Å². The van der Waals surface area contributed by atoms with Crippen LogP contribution in [0.15, 0.2) is 84.9 Å². The summed E-state index contributed by atoms with van der Waals surface area (Å²) in [5, 5.41) is 9.37. The van der Waals surface area contributed by atoms with Gasteiger partial charge in [-0.2, -0.15) is 0 Å². The fourth-order valence-electron chi connectivity index (χ4n) is 3.86. The molecule has 0 saturated carbocycles. The number of carboxylic acids is 1. The van der Waals surface area contributed by atoms with E-state index in [1.807, 2.05) is 62.4 Å². The minimum Gasteiger partial charge on any atom is -0.481 e. The van der Waals surface area contributed by atoms with Gasteiger partial charge in [-0.15, -0.1) is 0 Å². The molecule has 0 aliphatic heterocycles. The van der Waals surface area contributed by atoms with Crippen LogP contribution in [-0.4, -0.2) is 16.9 Å². The average Bonchev–Trinajstić information content (AvgIpc) is 2.84. The van der Waals surface area contributed by atoms with Crippen molar-refractivity contribution in [2.75, 3.05) is 0 Å². The molecule has 0 radical (unpaired) electrons. The van der Waals surface area contributed by atoms with Gasteiger partial charge in [-0.3, -0.25) is 9.59 Å². The Morgan fingerprint density at radius 2 is 1.53 bits per heavy atom. The zero-order valence-electron chi connectivity index (χ0n) is 20.0. The molecular weight excluding hydrogens is 476 g/mol. The lowest BCUT2D eigenvalue weighted by molar-refractivity contribution is -0.136. The van der Waals surface area contributed by atoms with Crippen molar-refractivity contribution in [3.63, 3.8) is 0 Å². The molecule has 4 aromatic rings. The summed E-state index contributed by atoms with van der Waals surface area (Å²) in [5.41, 5.74) is 3.76. The highest BCUT2D eigenvalue weighted by Gasteiger charge is 2.17. The van der Waals surface area contributed by atoms with E-state index in [1.165, 1.54) is 0 Å². The van der Waals surface area contributed by atoms with E-state index < -0.39 is 5.97 Å². The van der Waals surface area contributed by atoms with Crippen molar-refractivity contribution in [2.45, 2.75) is 26.7 Å². The minimum absolute atomic E-state index is 0.0824. The number of aryl methyl sites for hydroxylation is 3. The highest BCUT2D eigenvalue weighted by molar-refractivity contribution is 6.31. The van der Waals surface area contributed by atoms with E-state index >= 15 is 0 Å². The van der Waals surface area contributed by atoms with Crippen LogP contribution >= 0.6 is 11.6 Å². The molecule has 0 heterocycles. The lowest BCUT2D eigenvalue weighted by Gasteiger charge is -2.14. The number of carbonyl (C=O) groups excluding carboxylic acids is 1. The molecule has 0 saturated heterocycles. The Morgan fingerprint density at radius 3 is 2.22 bits per heavy atom. The van der Waals surface area contributed by atoms with Crippen LogP contribution in [0.25, 0.3) is 0 Å². The Bertz CT molecular complexity index is 1410. The molecule has 4 rings (SSSR count). The van der Waals surface area contributed by atoms with Gasteiger partial charge < -0.3 is 14.6 Å². The molecule has 0 fully saturated rings. The molecule has 4 aromatic carbocycles. The van der Waals surface area contributed by atoms with Crippen LogP contribution in [0.2, 0.25) is 5.02 Å². The van der Waals surface area contributed by atoms with Gasteiger partial charge in [-0.1, -0.05) is 48.0 Å². The summed E-state index contributed by atoms with van der Waals surface area (Å²) in [5.74, 6) is 1.11. The molecule has 6 heteroatoms. The zero-order chi connectivity index (χ0) is 25.7. The van der Waals surface area contributed by atoms with Gasteiger partial charge >= 0.3 is 5.97 Å². The Kier molecular flexibility index (Phi) is 7.71. The highest BCUT2D eigenvalue weighted by Crippen LogP contribution is 2.34. The summed E-state index contributed by atoms with van der Waals surface area (Å²) in [7, 11) is 0. The van der Waals surface area contributed by atoms with Gasteiger partial charge in [0.1, 0.15) is 23.0 Å². The molecule has 1 N–H and O–H groups in total. The lowest BCUT2D eigenvalue weighted by atomic mass is 10.0. The number of aliphatic carboxylic acids is 1. The molecule has 0 unspecified atom stereocenters. The molecule has 0 atom stereocenters. The zero-order valence-corrected chi connectivity index (χ0v) is 20.7. The van der Waals surface area contributed by atoms with E-state index in [9.17, 15) is 9.59 Å². The molecule has 5 nitrogen and oxygen atoms in total. The monoisotopic (exact) mass is 500 g/mol. The fourth-order valence-corrected chi connectivity index (χ4v) is 4.03. The van der Waals surface area contributed by atoms with Crippen LogP contribution in [0.1, 0.15) is 39.0 Å². The van der Waals surface area contributed by atoms with Gasteiger partial charge in [-0.05, 0) is 79.4 Å². The van der Waals surface area contributed by atoms with E-state index in [0.717, 1.165) is 16.7 Å². The van der Waals surface area contributed by atoms with Gasteiger partial charge in [0.05, 0.1) is 5.56 Å². The van der Waals surface area contributed by atoms with Crippen molar-refractivity contribution >= 4 is 23.4 Å². The number of ketones is 1. The van der Waals surface area contributed by atoms with E-state index in [-0.39, 0.29) is 12.2 Å². The highest BCUT2D eigenvalue weighted by atomic mass is 35.5. The summed E-state index contributed by atoms with van der Waals surface area (Å²) in [6, 6.07) is 25.0. The van der Waals surface area contributed by atoms with Crippen molar-refractivity contribution < 1.29 is 24.2 Å². The van der Waals surface area contributed by atoms with Gasteiger partial charge in [0, 0.05) is 23.1 Å². The smallest absolute Gasteiger partial charge is 0.303 e. The third-order valence-corrected chi connectivity index (χ3v) is 5.87. The number of rotatable bonds is 9. The second-order valence-corrected chi connectivity index (χ2v) is 8.94. The number of carboxylic acid groups (broad SMARTS) is 1. The number of carbonyl (C=O) groups is 2. The Morgan fingerprint density at radius 1 is 0.806 bits per heavy atom. The first-order chi connectivity index (χ1) is 17.3. The lowest BCUT2D eigenvalue weighted by Crippen LogP contribution is -2.03. The van der Waals surface area contributed by atoms with Gasteiger partial charge in [0.15, 0.2) is 5.78 Å². The van der Waals surface area contributed by atoms with Gasteiger partial charge in [0.2, 0.25) is 0 Å². The third kappa shape index (κ3) is 6.32. The maximum Gasteiger partial charge on any atom is 0.303 e. The number of hydrogen-bond donors (Lipinski definition) is 1. The number of benzene rings is 4. The van der Waals surface area contributed by atoms with Crippen LogP contribution in [0.3, 0.4) is 0 Å². The third-order valence-electron chi connectivity index (χ3n) is 5.63. The largest absolute Gasteiger partial charge is 0.481 e. The Balaban J connectivity index is 1.57. The molecule has 0 aromatic heterocycles. The first-order valence-electron chi connectivity index (χ1n) is 11.5. The van der Waals surface area contributed by atoms with Crippen molar-refractivity contribution in [3.8, 4) is 23.0 Å². The molecule has 36 heavy (non-hydrogen) atoms. The maximum absolute atomic E-state index is 13.1. The molecule has 0 bridgehead atoms. The van der Waals surface area contributed by atoms with Crippen LogP contribution in [0.5, 0.6) is 23.0 Å². The van der Waals surface area contributed by atoms with Crippen LogP contribution < -0.4 is 9.47 Å². The minimum atomic E-state index is -0.823. The normalized spacial score (nSPS) is 10.6. The second kappa shape index (κ2) is 11.1. The first kappa shape index (κ1) is 25.0. The predicted octanol–water partition coefficient (Wildman–Crippen LogP) is 7.79. The summed E-state index contributed by atoms with van der Waals surface area (Å²) in [6.07, 6.45) is 0.550. The molecule has 0 amide bonds. The number of halogens is 1. The number of ether oxygens (including phenoxy) is 2. The van der Waals surface area contributed by atoms with E-state index in [1.54, 1.807) is 36.4 Å². The topological polar surface area (TPSA) is 72.8 Å². The second-order valence-electron chi connectivity index (χ2n) is 8.50. The van der Waals surface area contributed by atoms with Crippen molar-refractivity contribution in [3.05, 3.63) is 118 Å². The molecule has 0 aliphatic rings. The first-order valence-corrected chi connectivity index (χ1v) is 11.8. The van der Waals surface area contributed by atoms with Crippen LogP contribution in [-0.2, 0) is 11.2 Å². The fraction of sp³-hybridized carbons (Fsp3) is 0.133. The summed E-state index contributed by atoms with van der Waals surface area (Å²) < 4.78 is 12.2. The van der Waals surface area contributed by atoms with Crippen molar-refractivity contribution in [2.24, 2.45) is 0 Å². The molecule has 182 valence electrons. The summed E-state index contributed by atoms with van der Waals surface area (Å²) in [4.78, 5) is 24.0. The molecule has 0 spiro atoms. The summed E-state index contributed by atoms with van der Waals surface area (Å²) >= 11 is 6.19. The van der Waals surface area contributed by atoms with Crippen LogP contribution in [0.4, 0.5) is 0 Å². The van der Waals surface area contributed by atoms with Crippen LogP contribution in [0, 0.1) is 13.8 Å². The van der Waals surface area contributed by atoms with Crippen molar-refractivity contribution in [1.82, 2.24) is 0 Å². The summed E-state index contributed by atoms with van der Waals surface area (Å²) in [6.45, 7) is 3.86. The SMILES string of the molecule is Cc1cc(Oc2ccc(CCC(=O)O)c(C)c2)cc(Oc2ccc(Cl)cc2C(=O)c2ccccc2)c1. The predicted molar refractivity (Wildman–Crippen MR) is 140 cm³/mol. The number of hydrogen-bond acceptors (Lipinski definition) is 4. The quantitative estimate of drug-likeness (QED) is 0.237. The van der Waals surface area contributed by atoms with Gasteiger partial charge in [0.25, 0.3) is 0 Å². The van der Waals surface area contributed by atoms with E-state index in [4.69, 9.17) is 26.2 Å². The molecule has 0 aliphatic carbocycles. The Hall–Kier alpha value is -4.09. The Labute approximate surface area is 214 Å². The molecular formula is C30H25ClO5. The standard InChI is InChI=1S/C30H25ClO5/c1-19-14-25(35-24-11-8-21(20(2)16-24)9-13-29(32)33)18-26(15-19)36-28-12-10-23(31)17-27(28)30(34)22-6-4-3-5-7-22/h3-8,10-12,14-18H,9,13H2,1-2H3,(H,32,33). The average molecular weight is 501 g/mol. The van der Waals surface area contributed by atoms with E-state index in [2.05, 4.69) is 0 Å². The van der Waals surface area contributed by atoms with Crippen molar-refractivity contribution in [1.29, 1.82) is 0 Å². The maximum atomic E-state index is 13.1. The van der Waals surface area contributed by atoms with Gasteiger partial charge in [-0.25, -0.2) is 0 Å².